The lowest BCUT2D eigenvalue weighted by Gasteiger charge is -2.18. The Kier molecular flexibility index (Phi) is 67.7. The first-order chi connectivity index (χ1) is 41.0. The molecular weight excluding hydrogens is 1020 g/mol. The molecule has 0 aromatic heterocycles. The van der Waals surface area contributed by atoms with Crippen LogP contribution in [-0.2, 0) is 28.6 Å². The van der Waals surface area contributed by atoms with Gasteiger partial charge in [0.15, 0.2) is 6.10 Å². The van der Waals surface area contributed by atoms with Gasteiger partial charge in [-0.05, 0) is 96.3 Å². The van der Waals surface area contributed by atoms with Gasteiger partial charge in [0.1, 0.15) is 13.2 Å². The summed E-state index contributed by atoms with van der Waals surface area (Å²) in [4.78, 5) is 38.5. The Hall–Kier alpha value is -3.67. The molecule has 0 fully saturated rings. The van der Waals surface area contributed by atoms with Gasteiger partial charge in [-0.15, -0.1) is 0 Å². The molecule has 0 aromatic rings. The molecule has 0 N–H and O–H groups in total. The summed E-state index contributed by atoms with van der Waals surface area (Å²) < 4.78 is 17.0. The highest BCUT2D eigenvalue weighted by atomic mass is 16.6. The maximum absolute atomic E-state index is 13.0. The van der Waals surface area contributed by atoms with Crippen LogP contribution in [0.4, 0.5) is 0 Å². The van der Waals surface area contributed by atoms with Gasteiger partial charge in [-0.2, -0.15) is 0 Å². The molecule has 0 aliphatic heterocycles. The van der Waals surface area contributed by atoms with E-state index in [4.69, 9.17) is 14.2 Å². The summed E-state index contributed by atoms with van der Waals surface area (Å²) in [5.41, 5.74) is 0. The van der Waals surface area contributed by atoms with Crippen molar-refractivity contribution >= 4 is 17.9 Å². The zero-order chi connectivity index (χ0) is 59.9. The maximum atomic E-state index is 13.0. The highest BCUT2D eigenvalue weighted by Gasteiger charge is 2.19. The van der Waals surface area contributed by atoms with Crippen molar-refractivity contribution in [2.24, 2.45) is 0 Å². The monoisotopic (exact) mass is 1160 g/mol. The molecule has 6 heteroatoms. The number of allylic oxidation sites excluding steroid dienone is 16. The van der Waals surface area contributed by atoms with Crippen molar-refractivity contribution in [2.45, 2.75) is 361 Å². The van der Waals surface area contributed by atoms with Crippen LogP contribution in [0.2, 0.25) is 0 Å². The molecule has 1 unspecified atom stereocenters. The molecule has 1 atom stereocenters. The fourth-order valence-electron chi connectivity index (χ4n) is 10.3. The van der Waals surface area contributed by atoms with E-state index in [1.165, 1.54) is 205 Å². The summed E-state index contributed by atoms with van der Waals surface area (Å²) in [5, 5.41) is 0. The van der Waals surface area contributed by atoms with E-state index in [1.54, 1.807) is 0 Å². The van der Waals surface area contributed by atoms with Gasteiger partial charge >= 0.3 is 17.9 Å². The number of rotatable bonds is 65. The Labute approximate surface area is 515 Å². The molecule has 6 nitrogen and oxygen atoms in total. The minimum Gasteiger partial charge on any atom is -0.462 e. The zero-order valence-corrected chi connectivity index (χ0v) is 54.9. The summed E-state index contributed by atoms with van der Waals surface area (Å²) >= 11 is 0. The zero-order valence-electron chi connectivity index (χ0n) is 54.9. The van der Waals surface area contributed by atoms with Gasteiger partial charge in [0.25, 0.3) is 0 Å². The first kappa shape index (κ1) is 79.3. The SMILES string of the molecule is CC/C=C\C/C=C\C/C=C\C/C=C\CCCCCCCCCCCCCCC(=O)OCC(COC(=O)CCCCCCCCCCCCCCCCC)OC(=O)CCCCCCCCCCCCCC/C=C\C/C=C\C/C=C\C/C=C\CC. The Bertz CT molecular complexity index is 1610. The molecule has 0 amide bonds. The molecule has 0 heterocycles. The number of unbranched alkanes of at least 4 members (excludes halogenated alkanes) is 38. The first-order valence-electron chi connectivity index (χ1n) is 35.7. The predicted molar refractivity (Wildman–Crippen MR) is 362 cm³/mol. The number of ether oxygens (including phenoxy) is 3. The predicted octanol–water partition coefficient (Wildman–Crippen LogP) is 24.8. The normalized spacial score (nSPS) is 12.7. The van der Waals surface area contributed by atoms with Crippen LogP contribution in [0, 0.1) is 0 Å². The molecule has 478 valence electrons. The second-order valence-corrected chi connectivity index (χ2v) is 23.7. The van der Waals surface area contributed by atoms with Gasteiger partial charge in [0, 0.05) is 19.3 Å². The largest absolute Gasteiger partial charge is 0.462 e. The van der Waals surface area contributed by atoms with Crippen LogP contribution in [0.25, 0.3) is 0 Å². The Morgan fingerprint density at radius 1 is 0.253 bits per heavy atom. The van der Waals surface area contributed by atoms with E-state index in [1.807, 2.05) is 0 Å². The number of hydrogen-bond acceptors (Lipinski definition) is 6. The molecule has 0 aliphatic rings. The highest BCUT2D eigenvalue weighted by Crippen LogP contribution is 2.18. The average Bonchev–Trinajstić information content (AvgIpc) is 3.49. The summed E-state index contributed by atoms with van der Waals surface area (Å²) in [6.07, 6.45) is 95.7. The fourth-order valence-corrected chi connectivity index (χ4v) is 10.3. The minimum absolute atomic E-state index is 0.0741. The second kappa shape index (κ2) is 70.8. The van der Waals surface area contributed by atoms with E-state index in [9.17, 15) is 14.4 Å². The van der Waals surface area contributed by atoms with Crippen LogP contribution in [0.5, 0.6) is 0 Å². The summed E-state index contributed by atoms with van der Waals surface area (Å²) in [6.45, 7) is 6.47. The Balaban J connectivity index is 4.31. The van der Waals surface area contributed by atoms with Crippen LogP contribution in [-0.4, -0.2) is 37.2 Å². The molecule has 0 rings (SSSR count). The van der Waals surface area contributed by atoms with Gasteiger partial charge in [-0.1, -0.05) is 336 Å². The molecule has 0 saturated carbocycles. The third-order valence-electron chi connectivity index (χ3n) is 15.6. The van der Waals surface area contributed by atoms with Crippen LogP contribution in [0.15, 0.2) is 97.2 Å². The van der Waals surface area contributed by atoms with Crippen LogP contribution < -0.4 is 0 Å². The van der Waals surface area contributed by atoms with Crippen molar-refractivity contribution in [3.8, 4) is 0 Å². The summed E-state index contributed by atoms with van der Waals surface area (Å²) in [6, 6.07) is 0. The maximum Gasteiger partial charge on any atom is 0.306 e. The molecule has 0 bridgehead atoms. The molecule has 0 saturated heterocycles. The van der Waals surface area contributed by atoms with Crippen molar-refractivity contribution in [3.05, 3.63) is 97.2 Å². The van der Waals surface area contributed by atoms with Crippen LogP contribution >= 0.6 is 0 Å². The van der Waals surface area contributed by atoms with E-state index in [0.717, 1.165) is 109 Å². The minimum atomic E-state index is -0.780. The Morgan fingerprint density at radius 2 is 0.470 bits per heavy atom. The van der Waals surface area contributed by atoms with Gasteiger partial charge in [-0.3, -0.25) is 14.4 Å². The molecule has 83 heavy (non-hydrogen) atoms. The van der Waals surface area contributed by atoms with Crippen molar-refractivity contribution in [2.75, 3.05) is 13.2 Å². The molecule has 0 radical (unpaired) electrons. The smallest absolute Gasteiger partial charge is 0.306 e. The quantitative estimate of drug-likeness (QED) is 0.0261. The lowest BCUT2D eigenvalue weighted by atomic mass is 10.0. The summed E-state index contributed by atoms with van der Waals surface area (Å²) in [5.74, 6) is -0.858. The van der Waals surface area contributed by atoms with E-state index in [2.05, 4.69) is 118 Å². The lowest BCUT2D eigenvalue weighted by molar-refractivity contribution is -0.167. The van der Waals surface area contributed by atoms with Crippen LogP contribution in [0.1, 0.15) is 355 Å². The van der Waals surface area contributed by atoms with Crippen molar-refractivity contribution in [1.82, 2.24) is 0 Å². The van der Waals surface area contributed by atoms with Gasteiger partial charge in [0.05, 0.1) is 0 Å². The van der Waals surface area contributed by atoms with Crippen LogP contribution in [0.3, 0.4) is 0 Å². The molecular formula is C77H134O6. The van der Waals surface area contributed by atoms with E-state index >= 15 is 0 Å². The number of carbonyl (C=O) groups is 3. The second-order valence-electron chi connectivity index (χ2n) is 23.7. The highest BCUT2D eigenvalue weighted by molar-refractivity contribution is 5.71. The molecule has 0 aliphatic carbocycles. The van der Waals surface area contributed by atoms with E-state index < -0.39 is 6.10 Å². The standard InChI is InChI=1S/C77H134O6/c1-4-7-10-13-16-19-22-25-28-30-32-34-36-38-40-42-44-46-49-52-55-58-61-64-67-70-76(79)82-73-74(72-81-75(78)69-66-63-60-57-54-51-48-27-24-21-18-15-12-9-6-3)83-77(80)71-68-65-62-59-56-53-50-47-45-43-41-39-37-35-33-31-29-26-23-20-17-14-11-8-5-2/h7-8,10-11,16-17,19-20,25-26,28-29,32-35,74H,4-6,9,12-15,18,21-24,27,30-31,36-73H2,1-3H3/b10-7-,11-8-,19-16-,20-17-,28-25-,29-26-,34-32-,35-33-. The third kappa shape index (κ3) is 69.0. The average molecular weight is 1160 g/mol. The van der Waals surface area contributed by atoms with Crippen molar-refractivity contribution < 1.29 is 28.6 Å². The topological polar surface area (TPSA) is 78.9 Å². The number of carbonyl (C=O) groups excluding carboxylic acids is 3. The first-order valence-corrected chi connectivity index (χ1v) is 35.7. The Morgan fingerprint density at radius 3 is 0.735 bits per heavy atom. The van der Waals surface area contributed by atoms with E-state index in [0.29, 0.717) is 19.3 Å². The van der Waals surface area contributed by atoms with E-state index in [-0.39, 0.29) is 31.1 Å². The fraction of sp³-hybridized carbons (Fsp3) is 0.753. The van der Waals surface area contributed by atoms with Crippen molar-refractivity contribution in [1.29, 1.82) is 0 Å². The lowest BCUT2D eigenvalue weighted by Crippen LogP contribution is -2.30. The molecule has 0 aromatic carbocycles. The van der Waals surface area contributed by atoms with Gasteiger partial charge < -0.3 is 14.2 Å². The molecule has 0 spiro atoms. The number of hydrogen-bond donors (Lipinski definition) is 0. The van der Waals surface area contributed by atoms with Gasteiger partial charge in [0.2, 0.25) is 0 Å². The summed E-state index contributed by atoms with van der Waals surface area (Å²) in [7, 11) is 0. The van der Waals surface area contributed by atoms with Gasteiger partial charge in [-0.25, -0.2) is 0 Å². The number of esters is 3. The van der Waals surface area contributed by atoms with Crippen molar-refractivity contribution in [3.63, 3.8) is 0 Å². The third-order valence-corrected chi connectivity index (χ3v) is 15.6.